The van der Waals surface area contributed by atoms with Gasteiger partial charge in [0.1, 0.15) is 18.5 Å². The molecule has 3 aliphatic heterocycles. The van der Waals surface area contributed by atoms with Gasteiger partial charge in [-0.15, -0.1) is 0 Å². The number of halogens is 1. The largest absolute Gasteiger partial charge is 0.446 e. The molecule has 2 atom stereocenters. The molecule has 6 rings (SSSR count). The summed E-state index contributed by atoms with van der Waals surface area (Å²) in [6.45, 7) is 2.33. The van der Waals surface area contributed by atoms with E-state index >= 15 is 0 Å². The fraction of sp³-hybridized carbons (Fsp3) is 0.333. The summed E-state index contributed by atoms with van der Waals surface area (Å²) >= 11 is 0. The molecule has 1 N–H and O–H groups in total. The average molecular weight is 504 g/mol. The van der Waals surface area contributed by atoms with Crippen LogP contribution in [0.25, 0.3) is 0 Å². The molecule has 10 heteroatoms. The second-order valence-electron chi connectivity index (χ2n) is 9.97. The molecule has 190 valence electrons. The number of carbonyl (C=O) groups is 3. The Kier molecular flexibility index (Phi) is 5.75. The van der Waals surface area contributed by atoms with Crippen LogP contribution in [0, 0.1) is 17.2 Å². The highest BCUT2D eigenvalue weighted by molar-refractivity contribution is 5.98. The summed E-state index contributed by atoms with van der Waals surface area (Å²) < 4.78 is 20.1. The Balaban J connectivity index is 1.19. The van der Waals surface area contributed by atoms with Gasteiger partial charge < -0.3 is 15.0 Å². The molecule has 3 aromatic rings. The van der Waals surface area contributed by atoms with Crippen molar-refractivity contribution in [3.63, 3.8) is 0 Å². The maximum absolute atomic E-state index is 13.8. The molecular formula is C27H26FN5O4. The minimum Gasteiger partial charge on any atom is -0.446 e. The number of hydrogen-bond donors (Lipinski definition) is 1. The number of nitrogens with one attached hydrogen (secondary N) is 1. The molecule has 1 spiro atoms. The maximum atomic E-state index is 13.8. The number of rotatable bonds is 5. The summed E-state index contributed by atoms with van der Waals surface area (Å²) in [6, 6.07) is 15.0. The molecule has 0 aliphatic carbocycles. The highest BCUT2D eigenvalue weighted by Gasteiger charge is 2.57. The summed E-state index contributed by atoms with van der Waals surface area (Å²) in [5, 5.41) is 7.53. The van der Waals surface area contributed by atoms with Crippen LogP contribution in [0.15, 0.2) is 67.0 Å². The van der Waals surface area contributed by atoms with Crippen LogP contribution in [0.1, 0.15) is 27.5 Å². The van der Waals surface area contributed by atoms with Gasteiger partial charge in [-0.25, -0.2) is 14.1 Å². The van der Waals surface area contributed by atoms with E-state index in [0.717, 1.165) is 11.1 Å². The molecule has 3 aliphatic rings. The fourth-order valence-corrected chi connectivity index (χ4v) is 5.54. The lowest BCUT2D eigenvalue weighted by molar-refractivity contribution is -0.137. The van der Waals surface area contributed by atoms with Crippen LogP contribution in [-0.2, 0) is 16.1 Å². The van der Waals surface area contributed by atoms with Crippen molar-refractivity contribution in [1.29, 1.82) is 0 Å². The number of aromatic nitrogens is 2. The van der Waals surface area contributed by atoms with E-state index in [0.29, 0.717) is 31.7 Å². The van der Waals surface area contributed by atoms with E-state index < -0.39 is 23.5 Å². The highest BCUT2D eigenvalue weighted by Crippen LogP contribution is 2.43. The van der Waals surface area contributed by atoms with Crippen LogP contribution in [0.3, 0.4) is 0 Å². The molecule has 0 bridgehead atoms. The normalized spacial score (nSPS) is 22.2. The molecular weight excluding hydrogens is 477 g/mol. The Bertz CT molecular complexity index is 1340. The minimum absolute atomic E-state index is 0.114. The van der Waals surface area contributed by atoms with Crippen molar-refractivity contribution in [2.45, 2.75) is 12.6 Å². The van der Waals surface area contributed by atoms with Crippen molar-refractivity contribution in [1.82, 2.24) is 24.9 Å². The van der Waals surface area contributed by atoms with Crippen molar-refractivity contribution < 1.29 is 23.5 Å². The second-order valence-corrected chi connectivity index (χ2v) is 9.97. The number of cyclic esters (lactones) is 1. The summed E-state index contributed by atoms with van der Waals surface area (Å²) in [7, 11) is 0. The molecule has 1 aromatic heterocycles. The smallest absolute Gasteiger partial charge is 0.417 e. The summed E-state index contributed by atoms with van der Waals surface area (Å²) in [5.74, 6) is -1.35. The molecule has 0 radical (unpaired) electrons. The van der Waals surface area contributed by atoms with Gasteiger partial charge in [0.2, 0.25) is 5.91 Å². The van der Waals surface area contributed by atoms with E-state index in [1.807, 2.05) is 30.3 Å². The Labute approximate surface area is 212 Å². The summed E-state index contributed by atoms with van der Waals surface area (Å²) in [6.07, 6.45) is 2.53. The van der Waals surface area contributed by atoms with Crippen molar-refractivity contribution in [2.24, 2.45) is 11.3 Å². The number of likely N-dealkylation sites (tertiary alicyclic amines) is 1. The maximum Gasteiger partial charge on any atom is 0.417 e. The van der Waals surface area contributed by atoms with Crippen LogP contribution in [0.4, 0.5) is 9.18 Å². The van der Waals surface area contributed by atoms with Crippen molar-refractivity contribution in [2.75, 3.05) is 32.8 Å². The third kappa shape index (κ3) is 4.17. The number of benzene rings is 2. The van der Waals surface area contributed by atoms with Gasteiger partial charge in [0.15, 0.2) is 0 Å². The van der Waals surface area contributed by atoms with E-state index in [4.69, 9.17) is 4.74 Å². The van der Waals surface area contributed by atoms with Crippen molar-refractivity contribution >= 4 is 17.9 Å². The number of amides is 3. The standard InChI is InChI=1S/C27H26FN5O4/c28-21-8-6-18(7-9-21)11-32-12-20(10-30-32)24(34)31-13-22(27(17-31)15-29-16-27)25(35)33-23(14-37-26(33)36)19-4-2-1-3-5-19/h1-10,12,22-23,29H,11,13-17H2/t22-,23-/m0/s1. The zero-order chi connectivity index (χ0) is 25.6. The number of hydrogen-bond acceptors (Lipinski definition) is 6. The summed E-state index contributed by atoms with van der Waals surface area (Å²) in [4.78, 5) is 42.8. The Morgan fingerprint density at radius 3 is 2.57 bits per heavy atom. The van der Waals surface area contributed by atoms with Crippen LogP contribution >= 0.6 is 0 Å². The first kappa shape index (κ1) is 23.4. The first-order chi connectivity index (χ1) is 17.9. The van der Waals surface area contributed by atoms with Crippen LogP contribution in [0.2, 0.25) is 0 Å². The minimum atomic E-state index is -0.645. The van der Waals surface area contributed by atoms with Crippen molar-refractivity contribution in [3.8, 4) is 0 Å². The highest BCUT2D eigenvalue weighted by atomic mass is 19.1. The quantitative estimate of drug-likeness (QED) is 0.575. The van der Waals surface area contributed by atoms with E-state index in [2.05, 4.69) is 10.4 Å². The van der Waals surface area contributed by atoms with Gasteiger partial charge in [0.25, 0.3) is 5.91 Å². The van der Waals surface area contributed by atoms with Crippen LogP contribution < -0.4 is 5.32 Å². The monoisotopic (exact) mass is 503 g/mol. The molecule has 3 fully saturated rings. The van der Waals surface area contributed by atoms with Gasteiger partial charge in [0, 0.05) is 37.8 Å². The Morgan fingerprint density at radius 2 is 1.86 bits per heavy atom. The van der Waals surface area contributed by atoms with Gasteiger partial charge in [0.05, 0.1) is 24.2 Å². The van der Waals surface area contributed by atoms with E-state index in [1.165, 1.54) is 23.2 Å². The zero-order valence-corrected chi connectivity index (χ0v) is 20.0. The first-order valence-corrected chi connectivity index (χ1v) is 12.3. The third-order valence-electron chi connectivity index (χ3n) is 7.62. The molecule has 9 nitrogen and oxygen atoms in total. The predicted octanol–water partition coefficient (Wildman–Crippen LogP) is 2.45. The summed E-state index contributed by atoms with van der Waals surface area (Å²) in [5.41, 5.74) is 1.68. The van der Waals surface area contributed by atoms with E-state index in [9.17, 15) is 18.8 Å². The molecule has 3 saturated heterocycles. The molecule has 4 heterocycles. The van der Waals surface area contributed by atoms with Gasteiger partial charge in [-0.05, 0) is 23.3 Å². The molecule has 2 aromatic carbocycles. The molecule has 3 amide bonds. The van der Waals surface area contributed by atoms with E-state index in [1.54, 1.807) is 27.9 Å². The molecule has 37 heavy (non-hydrogen) atoms. The predicted molar refractivity (Wildman–Crippen MR) is 130 cm³/mol. The molecule has 0 unspecified atom stereocenters. The van der Waals surface area contributed by atoms with Crippen LogP contribution in [0.5, 0.6) is 0 Å². The number of imide groups is 1. The fourth-order valence-electron chi connectivity index (χ4n) is 5.54. The van der Waals surface area contributed by atoms with Gasteiger partial charge in [-0.3, -0.25) is 14.3 Å². The average Bonchev–Trinajstić information content (AvgIpc) is 3.62. The number of ether oxygens (including phenoxy) is 1. The third-order valence-corrected chi connectivity index (χ3v) is 7.62. The van der Waals surface area contributed by atoms with Gasteiger partial charge in [-0.2, -0.15) is 5.10 Å². The second kappa shape index (κ2) is 9.11. The topological polar surface area (TPSA) is 96.8 Å². The lowest BCUT2D eigenvalue weighted by Gasteiger charge is -2.43. The van der Waals surface area contributed by atoms with Gasteiger partial charge >= 0.3 is 6.09 Å². The lowest BCUT2D eigenvalue weighted by atomic mass is 9.72. The number of carbonyl (C=O) groups excluding carboxylic acids is 3. The SMILES string of the molecule is O=C(c1cnn(Cc2ccc(F)cc2)c1)N1C[C@@H](C(=O)N2C(=O)OC[C@H]2c2ccccc2)C2(CNC2)C1. The van der Waals surface area contributed by atoms with Crippen LogP contribution in [-0.4, -0.2) is 70.3 Å². The van der Waals surface area contributed by atoms with Crippen molar-refractivity contribution in [3.05, 3.63) is 89.5 Å². The Hall–Kier alpha value is -4.05. The number of nitrogens with zero attached hydrogens (tertiary/aromatic N) is 4. The lowest BCUT2D eigenvalue weighted by Crippen LogP contribution is -2.61. The Morgan fingerprint density at radius 1 is 1.11 bits per heavy atom. The molecule has 0 saturated carbocycles. The first-order valence-electron chi connectivity index (χ1n) is 12.3. The van der Waals surface area contributed by atoms with Gasteiger partial charge in [-0.1, -0.05) is 42.5 Å². The van der Waals surface area contributed by atoms with E-state index in [-0.39, 0.29) is 30.8 Å². The zero-order valence-electron chi connectivity index (χ0n) is 20.0.